The molecule has 0 aromatic heterocycles. The molecule has 268 valence electrons. The van der Waals surface area contributed by atoms with Crippen LogP contribution in [0.5, 0.6) is 0 Å². The maximum Gasteiger partial charge on any atom is 0.452 e. The number of halogens is 3. The van der Waals surface area contributed by atoms with Crippen molar-refractivity contribution in [1.82, 2.24) is 20.3 Å². The fourth-order valence-electron chi connectivity index (χ4n) is 5.33. The lowest BCUT2D eigenvalue weighted by molar-refractivity contribution is -0.175. The molecule has 11 nitrogen and oxygen atoms in total. The van der Waals surface area contributed by atoms with Crippen LogP contribution in [0.15, 0.2) is 53.4 Å². The summed E-state index contributed by atoms with van der Waals surface area (Å²) in [7, 11) is -4.19. The minimum atomic E-state index is -5.15. The first-order chi connectivity index (χ1) is 22.5. The second-order valence-electron chi connectivity index (χ2n) is 13.8. The number of hydrogen-bond acceptors (Lipinski definition) is 7. The Morgan fingerprint density at radius 1 is 0.776 bits per heavy atom. The van der Waals surface area contributed by atoms with E-state index in [4.69, 9.17) is 0 Å². The minimum Gasteiger partial charge on any atom is -0.344 e. The molecule has 0 aliphatic carbocycles. The zero-order valence-corrected chi connectivity index (χ0v) is 29.3. The Labute approximate surface area is 284 Å². The van der Waals surface area contributed by atoms with Crippen LogP contribution in [-0.4, -0.2) is 73.6 Å². The summed E-state index contributed by atoms with van der Waals surface area (Å²) in [4.78, 5) is 65.7. The lowest BCUT2D eigenvalue weighted by Crippen LogP contribution is -2.58. The third-order valence-corrected chi connectivity index (χ3v) is 9.60. The number of benzene rings is 2. The highest BCUT2D eigenvalue weighted by Crippen LogP contribution is 2.25. The molecular weight excluding hydrogens is 665 g/mol. The van der Waals surface area contributed by atoms with Gasteiger partial charge in [-0.3, -0.25) is 24.0 Å². The van der Waals surface area contributed by atoms with Crippen molar-refractivity contribution >= 4 is 39.4 Å². The molecule has 0 radical (unpaired) electrons. The normalized spacial score (nSPS) is 16.7. The van der Waals surface area contributed by atoms with Crippen molar-refractivity contribution in [3.63, 3.8) is 0 Å². The number of ketones is 1. The van der Waals surface area contributed by atoms with Gasteiger partial charge in [0.25, 0.3) is 27.6 Å². The standard InChI is InChI=1S/C34H43F3N4O7S/c1-19(2)26(28(42)34(35,36)37)38-31(45)25-9-8-18-41(25)32(46)27(20(3)4)39-29(43)21-10-12-22(13-11-21)30(44)40-49(47,48)24-16-14-23(15-17-24)33(5,6)7/h10-17,19-20,25-27H,8-9,18H2,1-7H3,(H,38,45)(H,39,43)(H,40,44)/t25-,26?,27-/m0/s1. The van der Waals surface area contributed by atoms with Crippen molar-refractivity contribution in [1.29, 1.82) is 0 Å². The number of nitrogens with zero attached hydrogens (tertiary/aromatic N) is 1. The number of alkyl halides is 3. The molecule has 1 aliphatic heterocycles. The van der Waals surface area contributed by atoms with Gasteiger partial charge in [0.05, 0.1) is 10.9 Å². The number of carbonyl (C=O) groups is 5. The number of hydrogen-bond donors (Lipinski definition) is 3. The van der Waals surface area contributed by atoms with E-state index in [2.05, 4.69) is 10.6 Å². The van der Waals surface area contributed by atoms with Crippen LogP contribution in [0.2, 0.25) is 0 Å². The maximum absolute atomic E-state index is 13.6. The molecule has 2 aromatic carbocycles. The summed E-state index contributed by atoms with van der Waals surface area (Å²) in [5, 5.41) is 4.80. The summed E-state index contributed by atoms with van der Waals surface area (Å²) in [5.41, 5.74) is 0.725. The quantitative estimate of drug-likeness (QED) is 0.317. The van der Waals surface area contributed by atoms with Gasteiger partial charge in [-0.2, -0.15) is 13.2 Å². The van der Waals surface area contributed by atoms with Crippen LogP contribution in [0.4, 0.5) is 13.2 Å². The average molecular weight is 709 g/mol. The topological polar surface area (TPSA) is 159 Å². The van der Waals surface area contributed by atoms with Crippen molar-refractivity contribution in [2.75, 3.05) is 6.54 Å². The number of Topliss-reactive ketones (excluding diaryl/α,β-unsaturated/α-hetero) is 1. The molecule has 0 bridgehead atoms. The van der Waals surface area contributed by atoms with Gasteiger partial charge in [-0.15, -0.1) is 0 Å². The van der Waals surface area contributed by atoms with E-state index in [1.807, 2.05) is 25.5 Å². The molecule has 1 fully saturated rings. The highest BCUT2D eigenvalue weighted by molar-refractivity contribution is 7.90. The SMILES string of the molecule is CC(C)C(NC(=O)[C@@H]1CCCN1C(=O)[C@@H](NC(=O)c1ccc(C(=O)NS(=O)(=O)c2ccc(C(C)(C)C)cc2)cc1)C(C)C)C(=O)C(F)(F)F. The first-order valence-electron chi connectivity index (χ1n) is 15.8. The molecule has 4 amide bonds. The highest BCUT2D eigenvalue weighted by atomic mass is 32.2. The monoisotopic (exact) mass is 708 g/mol. The zero-order chi connectivity index (χ0) is 37.1. The minimum absolute atomic E-state index is 0.0439. The van der Waals surface area contributed by atoms with Crippen molar-refractivity contribution in [3.05, 3.63) is 65.2 Å². The summed E-state index contributed by atoms with van der Waals surface area (Å²) in [5.74, 6) is -6.55. The molecule has 1 heterocycles. The molecule has 1 saturated heterocycles. The van der Waals surface area contributed by atoms with E-state index in [9.17, 15) is 45.6 Å². The van der Waals surface area contributed by atoms with Gasteiger partial charge < -0.3 is 15.5 Å². The van der Waals surface area contributed by atoms with E-state index in [0.29, 0.717) is 6.42 Å². The summed E-state index contributed by atoms with van der Waals surface area (Å²) in [6, 6.07) is 7.14. The Morgan fingerprint density at radius 2 is 1.29 bits per heavy atom. The molecule has 3 rings (SSSR count). The fourth-order valence-corrected chi connectivity index (χ4v) is 6.30. The van der Waals surface area contributed by atoms with Crippen molar-refractivity contribution < 1.29 is 45.6 Å². The van der Waals surface area contributed by atoms with E-state index < -0.39 is 75.6 Å². The van der Waals surface area contributed by atoms with E-state index in [-0.39, 0.29) is 34.4 Å². The molecule has 49 heavy (non-hydrogen) atoms. The average Bonchev–Trinajstić information content (AvgIpc) is 3.51. The number of sulfonamides is 1. The largest absolute Gasteiger partial charge is 0.452 e. The molecule has 0 saturated carbocycles. The predicted molar refractivity (Wildman–Crippen MR) is 175 cm³/mol. The summed E-state index contributed by atoms with van der Waals surface area (Å²) in [6.07, 6.45) is -4.62. The highest BCUT2D eigenvalue weighted by Gasteiger charge is 2.46. The number of carbonyl (C=O) groups excluding carboxylic acids is 5. The Kier molecular flexibility index (Phi) is 12.1. The molecular formula is C34H43F3N4O7S. The first-order valence-corrected chi connectivity index (χ1v) is 17.3. The molecule has 15 heteroatoms. The van der Waals surface area contributed by atoms with Gasteiger partial charge >= 0.3 is 6.18 Å². The predicted octanol–water partition coefficient (Wildman–Crippen LogP) is 4.12. The zero-order valence-electron chi connectivity index (χ0n) is 28.5. The lowest BCUT2D eigenvalue weighted by Gasteiger charge is -2.32. The van der Waals surface area contributed by atoms with Gasteiger partial charge in [0.2, 0.25) is 11.8 Å². The van der Waals surface area contributed by atoms with E-state index in [1.165, 1.54) is 55.1 Å². The number of amides is 4. The van der Waals surface area contributed by atoms with Crippen LogP contribution >= 0.6 is 0 Å². The maximum atomic E-state index is 13.6. The molecule has 0 spiro atoms. The Morgan fingerprint density at radius 3 is 1.76 bits per heavy atom. The van der Waals surface area contributed by atoms with E-state index in [1.54, 1.807) is 26.0 Å². The smallest absolute Gasteiger partial charge is 0.344 e. The van der Waals surface area contributed by atoms with Crippen LogP contribution in [0.3, 0.4) is 0 Å². The molecule has 1 unspecified atom stereocenters. The summed E-state index contributed by atoms with van der Waals surface area (Å²) in [6.45, 7) is 12.1. The van der Waals surface area contributed by atoms with Crippen LogP contribution in [0.1, 0.15) is 87.6 Å². The fraction of sp³-hybridized carbons (Fsp3) is 0.500. The van der Waals surface area contributed by atoms with Gasteiger partial charge in [0.1, 0.15) is 12.1 Å². The number of rotatable bonds is 11. The third-order valence-electron chi connectivity index (χ3n) is 8.25. The number of likely N-dealkylation sites (tertiary alicyclic amines) is 1. The van der Waals surface area contributed by atoms with Gasteiger partial charge in [-0.05, 0) is 72.1 Å². The van der Waals surface area contributed by atoms with Crippen molar-refractivity contribution in [2.45, 2.75) is 95.9 Å². The summed E-state index contributed by atoms with van der Waals surface area (Å²) < 4.78 is 67.0. The van der Waals surface area contributed by atoms with Gasteiger partial charge in [-0.25, -0.2) is 13.1 Å². The van der Waals surface area contributed by atoms with Crippen molar-refractivity contribution in [3.8, 4) is 0 Å². The van der Waals surface area contributed by atoms with E-state index >= 15 is 0 Å². The second-order valence-corrected chi connectivity index (χ2v) is 15.4. The third kappa shape index (κ3) is 9.67. The number of nitrogens with one attached hydrogen (secondary N) is 3. The molecule has 2 aromatic rings. The Hall–Kier alpha value is -4.27. The second kappa shape index (κ2) is 15.1. The van der Waals surface area contributed by atoms with Gasteiger partial charge in [-0.1, -0.05) is 60.6 Å². The van der Waals surface area contributed by atoms with Crippen molar-refractivity contribution in [2.24, 2.45) is 11.8 Å². The Bertz CT molecular complexity index is 1670. The van der Waals surface area contributed by atoms with Crippen LogP contribution in [0, 0.1) is 11.8 Å². The molecule has 3 atom stereocenters. The van der Waals surface area contributed by atoms with Gasteiger partial charge in [0, 0.05) is 17.7 Å². The molecule has 1 aliphatic rings. The van der Waals surface area contributed by atoms with Gasteiger partial charge in [0.15, 0.2) is 0 Å². The van der Waals surface area contributed by atoms with Crippen LogP contribution < -0.4 is 15.4 Å². The van der Waals surface area contributed by atoms with Crippen LogP contribution in [-0.2, 0) is 29.8 Å². The summed E-state index contributed by atoms with van der Waals surface area (Å²) >= 11 is 0. The van der Waals surface area contributed by atoms with Crippen LogP contribution in [0.25, 0.3) is 0 Å². The van der Waals surface area contributed by atoms with E-state index in [0.717, 1.165) is 5.56 Å². The molecule has 3 N–H and O–H groups in total. The first kappa shape index (κ1) is 39.2. The lowest BCUT2D eigenvalue weighted by atomic mass is 9.87. The Balaban J connectivity index is 1.69.